The Labute approximate surface area is 120 Å². The summed E-state index contributed by atoms with van der Waals surface area (Å²) in [5, 5.41) is 4.13. The Morgan fingerprint density at radius 1 is 1.00 bits per heavy atom. The number of nitrogens with one attached hydrogen (secondary N) is 1. The third-order valence-electron chi connectivity index (χ3n) is 3.43. The van der Waals surface area contributed by atoms with Crippen LogP contribution in [0, 0.1) is 13.8 Å². The van der Waals surface area contributed by atoms with Crippen molar-refractivity contribution in [1.82, 2.24) is 5.32 Å². The number of benzene rings is 2. The SMILES string of the molecule is CCNCc1ccc(-c2ccc(C)c(C)c2)c(Cl)c1. The summed E-state index contributed by atoms with van der Waals surface area (Å²) < 4.78 is 0. The van der Waals surface area contributed by atoms with Crippen LogP contribution in [0.2, 0.25) is 5.02 Å². The highest BCUT2D eigenvalue weighted by molar-refractivity contribution is 6.33. The van der Waals surface area contributed by atoms with Crippen LogP contribution in [0.5, 0.6) is 0 Å². The van der Waals surface area contributed by atoms with Crippen LogP contribution in [0.4, 0.5) is 0 Å². The molecule has 0 aliphatic heterocycles. The van der Waals surface area contributed by atoms with E-state index in [4.69, 9.17) is 11.6 Å². The van der Waals surface area contributed by atoms with Crippen molar-refractivity contribution in [3.63, 3.8) is 0 Å². The van der Waals surface area contributed by atoms with Gasteiger partial charge in [0.15, 0.2) is 0 Å². The van der Waals surface area contributed by atoms with E-state index >= 15 is 0 Å². The van der Waals surface area contributed by atoms with Gasteiger partial charge in [0.2, 0.25) is 0 Å². The van der Waals surface area contributed by atoms with Gasteiger partial charge in [0.05, 0.1) is 0 Å². The zero-order chi connectivity index (χ0) is 13.8. The van der Waals surface area contributed by atoms with E-state index in [9.17, 15) is 0 Å². The molecule has 2 aromatic carbocycles. The fourth-order valence-electron chi connectivity index (χ4n) is 2.08. The highest BCUT2D eigenvalue weighted by Crippen LogP contribution is 2.30. The fraction of sp³-hybridized carbons (Fsp3) is 0.294. The third kappa shape index (κ3) is 3.37. The molecule has 2 aromatic rings. The summed E-state index contributed by atoms with van der Waals surface area (Å²) in [7, 11) is 0. The first-order chi connectivity index (χ1) is 9.11. The molecule has 0 saturated carbocycles. The van der Waals surface area contributed by atoms with Gasteiger partial charge in [-0.05, 0) is 48.7 Å². The van der Waals surface area contributed by atoms with Crippen molar-refractivity contribution in [1.29, 1.82) is 0 Å². The van der Waals surface area contributed by atoms with Gasteiger partial charge in [-0.2, -0.15) is 0 Å². The quantitative estimate of drug-likeness (QED) is 0.849. The number of aryl methyl sites for hydroxylation is 2. The van der Waals surface area contributed by atoms with Gasteiger partial charge >= 0.3 is 0 Å². The first-order valence-corrected chi connectivity index (χ1v) is 7.06. The lowest BCUT2D eigenvalue weighted by atomic mass is 9.99. The molecule has 0 aromatic heterocycles. The van der Waals surface area contributed by atoms with Crippen LogP contribution in [0.1, 0.15) is 23.6 Å². The van der Waals surface area contributed by atoms with Gasteiger partial charge in [-0.1, -0.05) is 48.9 Å². The van der Waals surface area contributed by atoms with Crippen LogP contribution < -0.4 is 5.32 Å². The topological polar surface area (TPSA) is 12.0 Å². The van der Waals surface area contributed by atoms with E-state index in [2.05, 4.69) is 62.5 Å². The van der Waals surface area contributed by atoms with Gasteiger partial charge in [-0.3, -0.25) is 0 Å². The van der Waals surface area contributed by atoms with Crippen molar-refractivity contribution in [2.24, 2.45) is 0 Å². The summed E-state index contributed by atoms with van der Waals surface area (Å²) in [5.74, 6) is 0. The lowest BCUT2D eigenvalue weighted by molar-refractivity contribution is 0.727. The highest BCUT2D eigenvalue weighted by Gasteiger charge is 2.05. The van der Waals surface area contributed by atoms with Crippen molar-refractivity contribution in [2.45, 2.75) is 27.3 Å². The number of hydrogen-bond acceptors (Lipinski definition) is 1. The monoisotopic (exact) mass is 273 g/mol. The minimum Gasteiger partial charge on any atom is -0.313 e. The fourth-order valence-corrected chi connectivity index (χ4v) is 2.39. The van der Waals surface area contributed by atoms with Gasteiger partial charge in [0, 0.05) is 17.1 Å². The second-order valence-electron chi connectivity index (χ2n) is 4.89. The van der Waals surface area contributed by atoms with E-state index in [-0.39, 0.29) is 0 Å². The molecular weight excluding hydrogens is 254 g/mol. The van der Waals surface area contributed by atoms with Gasteiger partial charge in [-0.15, -0.1) is 0 Å². The zero-order valence-corrected chi connectivity index (χ0v) is 12.5. The van der Waals surface area contributed by atoms with Crippen LogP contribution in [0.15, 0.2) is 36.4 Å². The third-order valence-corrected chi connectivity index (χ3v) is 3.74. The maximum absolute atomic E-state index is 6.41. The van der Waals surface area contributed by atoms with Crippen molar-refractivity contribution >= 4 is 11.6 Å². The second kappa shape index (κ2) is 6.23. The van der Waals surface area contributed by atoms with Crippen LogP contribution in [-0.2, 0) is 6.54 Å². The Bertz CT molecular complexity index is 575. The predicted molar refractivity (Wildman–Crippen MR) is 83.7 cm³/mol. The summed E-state index contributed by atoms with van der Waals surface area (Å²) in [6.07, 6.45) is 0. The molecule has 0 aliphatic rings. The molecule has 0 radical (unpaired) electrons. The Hall–Kier alpha value is -1.31. The number of rotatable bonds is 4. The van der Waals surface area contributed by atoms with Crippen LogP contribution in [-0.4, -0.2) is 6.54 Å². The molecule has 0 aliphatic carbocycles. The summed E-state index contributed by atoms with van der Waals surface area (Å²) in [4.78, 5) is 0. The molecule has 2 heteroatoms. The van der Waals surface area contributed by atoms with Crippen LogP contribution >= 0.6 is 11.6 Å². The van der Waals surface area contributed by atoms with Gasteiger partial charge in [0.25, 0.3) is 0 Å². The Morgan fingerprint density at radius 2 is 1.79 bits per heavy atom. The summed E-state index contributed by atoms with van der Waals surface area (Å²) >= 11 is 6.41. The highest BCUT2D eigenvalue weighted by atomic mass is 35.5. The average Bonchev–Trinajstić information content (AvgIpc) is 2.40. The van der Waals surface area contributed by atoms with E-state index in [1.807, 2.05) is 0 Å². The average molecular weight is 274 g/mol. The molecule has 0 amide bonds. The summed E-state index contributed by atoms with van der Waals surface area (Å²) in [6.45, 7) is 8.19. The standard InChI is InChI=1S/C17H20ClN/c1-4-19-11-14-6-8-16(17(18)10-14)15-7-5-12(2)13(3)9-15/h5-10,19H,4,11H2,1-3H3. The van der Waals surface area contributed by atoms with Crippen molar-refractivity contribution in [2.75, 3.05) is 6.54 Å². The molecule has 0 spiro atoms. The van der Waals surface area contributed by atoms with Gasteiger partial charge < -0.3 is 5.32 Å². The van der Waals surface area contributed by atoms with Gasteiger partial charge in [0.1, 0.15) is 0 Å². The largest absolute Gasteiger partial charge is 0.313 e. The number of hydrogen-bond donors (Lipinski definition) is 1. The minimum atomic E-state index is 0.818. The smallest absolute Gasteiger partial charge is 0.0487 e. The second-order valence-corrected chi connectivity index (χ2v) is 5.30. The number of halogens is 1. The maximum Gasteiger partial charge on any atom is 0.0487 e. The van der Waals surface area contributed by atoms with Gasteiger partial charge in [-0.25, -0.2) is 0 Å². The first-order valence-electron chi connectivity index (χ1n) is 6.68. The summed E-state index contributed by atoms with van der Waals surface area (Å²) in [6, 6.07) is 12.8. The van der Waals surface area contributed by atoms with Crippen LogP contribution in [0.25, 0.3) is 11.1 Å². The molecule has 100 valence electrons. The lowest BCUT2D eigenvalue weighted by Gasteiger charge is -2.10. The summed E-state index contributed by atoms with van der Waals surface area (Å²) in [5.41, 5.74) is 6.11. The minimum absolute atomic E-state index is 0.818. The van der Waals surface area contributed by atoms with Crippen molar-refractivity contribution in [3.8, 4) is 11.1 Å². The predicted octanol–water partition coefficient (Wildman–Crippen LogP) is 4.73. The molecule has 19 heavy (non-hydrogen) atoms. The van der Waals surface area contributed by atoms with E-state index in [1.54, 1.807) is 0 Å². The van der Waals surface area contributed by atoms with Crippen molar-refractivity contribution in [3.05, 3.63) is 58.1 Å². The Balaban J connectivity index is 2.32. The Morgan fingerprint density at radius 3 is 2.42 bits per heavy atom. The normalized spacial score (nSPS) is 10.7. The molecule has 0 heterocycles. The molecule has 1 N–H and O–H groups in total. The molecule has 0 bridgehead atoms. The molecule has 2 rings (SSSR count). The van der Waals surface area contributed by atoms with E-state index < -0.39 is 0 Å². The van der Waals surface area contributed by atoms with E-state index in [0.29, 0.717) is 0 Å². The lowest BCUT2D eigenvalue weighted by Crippen LogP contribution is -2.11. The van der Waals surface area contributed by atoms with Crippen LogP contribution in [0.3, 0.4) is 0 Å². The van der Waals surface area contributed by atoms with E-state index in [1.165, 1.54) is 22.3 Å². The Kier molecular flexibility index (Phi) is 4.62. The molecular formula is C17H20ClN. The maximum atomic E-state index is 6.41. The molecule has 1 nitrogen and oxygen atoms in total. The first kappa shape index (κ1) is 14.1. The van der Waals surface area contributed by atoms with E-state index in [0.717, 1.165) is 23.7 Å². The zero-order valence-electron chi connectivity index (χ0n) is 11.8. The molecule has 0 unspecified atom stereocenters. The molecule has 0 saturated heterocycles. The molecule has 0 fully saturated rings. The molecule has 0 atom stereocenters. The van der Waals surface area contributed by atoms with Crippen molar-refractivity contribution < 1.29 is 0 Å².